The molecule has 1 aliphatic rings. The molecule has 0 aromatic rings. The monoisotopic (exact) mass is 170 g/mol. The third-order valence-electron chi connectivity index (χ3n) is 1.91. The van der Waals surface area contributed by atoms with Gasteiger partial charge in [-0.3, -0.25) is 4.79 Å². The van der Waals surface area contributed by atoms with Crippen LogP contribution in [-0.4, -0.2) is 55.5 Å². The lowest BCUT2D eigenvalue weighted by molar-refractivity contribution is 0.169. The molecular formula is C7H12N3O2. The van der Waals surface area contributed by atoms with Crippen molar-refractivity contribution < 1.29 is 9.59 Å². The summed E-state index contributed by atoms with van der Waals surface area (Å²) in [6.45, 7) is 2.34. The standard InChI is InChI=1S/C7H12N3O2/c1-8-7(12)10-4-2-9(6-11)3-5-10/h2-5H2,1H3,(H,8,12). The highest BCUT2D eigenvalue weighted by Crippen LogP contribution is 1.98. The molecule has 0 aliphatic carbocycles. The number of amides is 3. The fourth-order valence-electron chi connectivity index (χ4n) is 1.16. The Bertz CT molecular complexity index is 175. The molecule has 0 bridgehead atoms. The number of rotatable bonds is 1. The van der Waals surface area contributed by atoms with Gasteiger partial charge in [-0.2, -0.15) is 0 Å². The van der Waals surface area contributed by atoms with Crippen molar-refractivity contribution in [1.29, 1.82) is 0 Å². The average Bonchev–Trinajstić information content (AvgIpc) is 2.17. The summed E-state index contributed by atoms with van der Waals surface area (Å²) in [5, 5.41) is 2.54. The predicted octanol–water partition coefficient (Wildman–Crippen LogP) is -0.989. The molecule has 1 saturated heterocycles. The minimum atomic E-state index is -0.0828. The molecule has 67 valence electrons. The fourth-order valence-corrected chi connectivity index (χ4v) is 1.16. The van der Waals surface area contributed by atoms with Gasteiger partial charge < -0.3 is 15.1 Å². The molecule has 0 aromatic carbocycles. The van der Waals surface area contributed by atoms with E-state index in [-0.39, 0.29) is 6.03 Å². The maximum Gasteiger partial charge on any atom is 0.317 e. The lowest BCUT2D eigenvalue weighted by Gasteiger charge is -2.31. The van der Waals surface area contributed by atoms with E-state index in [2.05, 4.69) is 5.32 Å². The number of carbonyl (C=O) groups excluding carboxylic acids is 2. The van der Waals surface area contributed by atoms with Crippen LogP contribution in [0.4, 0.5) is 4.79 Å². The number of hydrogen-bond donors (Lipinski definition) is 1. The van der Waals surface area contributed by atoms with Crippen LogP contribution in [0.2, 0.25) is 0 Å². The zero-order chi connectivity index (χ0) is 8.97. The van der Waals surface area contributed by atoms with Crippen LogP contribution in [0, 0.1) is 0 Å². The van der Waals surface area contributed by atoms with Crippen molar-refractivity contribution in [3.8, 4) is 0 Å². The summed E-state index contributed by atoms with van der Waals surface area (Å²) < 4.78 is 0. The van der Waals surface area contributed by atoms with E-state index in [1.54, 1.807) is 23.3 Å². The first-order valence-electron chi connectivity index (χ1n) is 3.87. The highest BCUT2D eigenvalue weighted by atomic mass is 16.2. The Morgan fingerprint density at radius 1 is 1.33 bits per heavy atom. The van der Waals surface area contributed by atoms with Crippen molar-refractivity contribution in [2.45, 2.75) is 0 Å². The Morgan fingerprint density at radius 3 is 2.33 bits per heavy atom. The van der Waals surface area contributed by atoms with E-state index in [0.29, 0.717) is 26.2 Å². The number of hydrogen-bond acceptors (Lipinski definition) is 2. The van der Waals surface area contributed by atoms with E-state index < -0.39 is 0 Å². The quantitative estimate of drug-likeness (QED) is 0.549. The van der Waals surface area contributed by atoms with E-state index in [1.807, 2.05) is 0 Å². The maximum absolute atomic E-state index is 11.1. The van der Waals surface area contributed by atoms with Crippen molar-refractivity contribution in [3.05, 3.63) is 0 Å². The molecular weight excluding hydrogens is 158 g/mol. The van der Waals surface area contributed by atoms with Gasteiger partial charge in [0.15, 0.2) is 0 Å². The zero-order valence-corrected chi connectivity index (χ0v) is 7.04. The second kappa shape index (κ2) is 3.94. The molecule has 3 amide bonds. The summed E-state index contributed by atoms with van der Waals surface area (Å²) >= 11 is 0. The number of nitrogens with one attached hydrogen (secondary N) is 1. The number of carbonyl (C=O) groups is 1. The van der Waals surface area contributed by atoms with Gasteiger partial charge >= 0.3 is 12.4 Å². The van der Waals surface area contributed by atoms with E-state index in [1.165, 1.54) is 0 Å². The number of piperazine rings is 1. The fraction of sp³-hybridized carbons (Fsp3) is 0.714. The van der Waals surface area contributed by atoms with Crippen LogP contribution >= 0.6 is 0 Å². The summed E-state index contributed by atoms with van der Waals surface area (Å²) in [6.07, 6.45) is 1.81. The summed E-state index contributed by atoms with van der Waals surface area (Å²) in [4.78, 5) is 24.5. The van der Waals surface area contributed by atoms with Gasteiger partial charge in [-0.15, -0.1) is 0 Å². The first-order chi connectivity index (χ1) is 5.77. The largest absolute Gasteiger partial charge is 0.341 e. The third-order valence-corrected chi connectivity index (χ3v) is 1.91. The van der Waals surface area contributed by atoms with Gasteiger partial charge in [0.2, 0.25) is 0 Å². The van der Waals surface area contributed by atoms with Gasteiger partial charge in [0.1, 0.15) is 0 Å². The second-order valence-electron chi connectivity index (χ2n) is 2.62. The molecule has 0 spiro atoms. The van der Waals surface area contributed by atoms with Crippen molar-refractivity contribution >= 4 is 12.4 Å². The van der Waals surface area contributed by atoms with Crippen molar-refractivity contribution in [1.82, 2.24) is 15.1 Å². The molecule has 5 heteroatoms. The van der Waals surface area contributed by atoms with Gasteiger partial charge in [-0.05, 0) is 0 Å². The van der Waals surface area contributed by atoms with Crippen molar-refractivity contribution in [2.24, 2.45) is 0 Å². The molecule has 0 atom stereocenters. The van der Waals surface area contributed by atoms with Crippen LogP contribution < -0.4 is 5.32 Å². The van der Waals surface area contributed by atoms with E-state index in [0.717, 1.165) is 0 Å². The Labute approximate surface area is 71.3 Å². The van der Waals surface area contributed by atoms with Gasteiger partial charge in [0, 0.05) is 33.2 Å². The van der Waals surface area contributed by atoms with Crippen molar-refractivity contribution in [3.63, 3.8) is 0 Å². The lowest BCUT2D eigenvalue weighted by atomic mass is 10.3. The molecule has 1 radical (unpaired) electrons. The lowest BCUT2D eigenvalue weighted by Crippen LogP contribution is -2.50. The summed E-state index contributed by atoms with van der Waals surface area (Å²) in [5.74, 6) is 0. The molecule has 0 aromatic heterocycles. The summed E-state index contributed by atoms with van der Waals surface area (Å²) in [6, 6.07) is -0.0828. The van der Waals surface area contributed by atoms with Crippen LogP contribution in [0.15, 0.2) is 0 Å². The van der Waals surface area contributed by atoms with E-state index >= 15 is 0 Å². The van der Waals surface area contributed by atoms with Gasteiger partial charge in [-0.25, -0.2) is 4.79 Å². The topological polar surface area (TPSA) is 52.7 Å². The number of nitrogens with zero attached hydrogens (tertiary/aromatic N) is 2. The van der Waals surface area contributed by atoms with Gasteiger partial charge in [-0.1, -0.05) is 0 Å². The smallest absolute Gasteiger partial charge is 0.317 e. The Hall–Kier alpha value is -1.26. The van der Waals surface area contributed by atoms with E-state index in [9.17, 15) is 9.59 Å². The Balaban J connectivity index is 2.35. The first-order valence-corrected chi connectivity index (χ1v) is 3.87. The second-order valence-corrected chi connectivity index (χ2v) is 2.62. The Kier molecular flexibility index (Phi) is 2.90. The first kappa shape index (κ1) is 8.83. The predicted molar refractivity (Wildman–Crippen MR) is 43.3 cm³/mol. The minimum absolute atomic E-state index is 0.0828. The minimum Gasteiger partial charge on any atom is -0.341 e. The van der Waals surface area contributed by atoms with Crippen LogP contribution in [-0.2, 0) is 4.79 Å². The van der Waals surface area contributed by atoms with E-state index in [4.69, 9.17) is 0 Å². The highest BCUT2D eigenvalue weighted by molar-refractivity contribution is 5.74. The highest BCUT2D eigenvalue weighted by Gasteiger charge is 2.18. The summed E-state index contributed by atoms with van der Waals surface area (Å²) in [7, 11) is 1.60. The molecule has 5 nitrogen and oxygen atoms in total. The molecule has 12 heavy (non-hydrogen) atoms. The molecule has 1 aliphatic heterocycles. The molecule has 0 unspecified atom stereocenters. The average molecular weight is 170 g/mol. The van der Waals surface area contributed by atoms with Crippen LogP contribution in [0.3, 0.4) is 0 Å². The van der Waals surface area contributed by atoms with Crippen molar-refractivity contribution in [2.75, 3.05) is 33.2 Å². The molecule has 1 heterocycles. The molecule has 1 fully saturated rings. The molecule has 0 saturated carbocycles. The Morgan fingerprint density at radius 2 is 1.92 bits per heavy atom. The van der Waals surface area contributed by atoms with Crippen LogP contribution in [0.25, 0.3) is 0 Å². The van der Waals surface area contributed by atoms with Gasteiger partial charge in [0.25, 0.3) is 0 Å². The van der Waals surface area contributed by atoms with Crippen LogP contribution in [0.5, 0.6) is 0 Å². The van der Waals surface area contributed by atoms with Gasteiger partial charge in [0.05, 0.1) is 0 Å². The number of urea groups is 1. The molecule has 1 N–H and O–H groups in total. The third kappa shape index (κ3) is 1.87. The SMILES string of the molecule is CNC(=O)N1CCN([C]=O)CC1. The normalized spacial score (nSPS) is 17.4. The van der Waals surface area contributed by atoms with Crippen LogP contribution in [0.1, 0.15) is 0 Å². The molecule has 1 rings (SSSR count). The zero-order valence-electron chi connectivity index (χ0n) is 7.04. The summed E-state index contributed by atoms with van der Waals surface area (Å²) in [5.41, 5.74) is 0. The maximum atomic E-state index is 11.1.